The number of nitrogens with one attached hydrogen (secondary N) is 1. The van der Waals surface area contributed by atoms with Crippen LogP contribution in [0.1, 0.15) is 26.2 Å². The van der Waals surface area contributed by atoms with E-state index in [1.807, 2.05) is 11.8 Å². The van der Waals surface area contributed by atoms with Crippen LogP contribution in [0.5, 0.6) is 0 Å². The second-order valence-electron chi connectivity index (χ2n) is 4.76. The first-order valence-electron chi connectivity index (χ1n) is 6.00. The molecule has 1 heterocycles. The van der Waals surface area contributed by atoms with Gasteiger partial charge in [0.15, 0.2) is 0 Å². The Morgan fingerprint density at radius 2 is 2.27 bits per heavy atom. The topological polar surface area (TPSA) is 58.4 Å². The Kier molecular flexibility index (Phi) is 3.14. The summed E-state index contributed by atoms with van der Waals surface area (Å²) in [4.78, 5) is 13.6. The Balaban J connectivity index is 1.94. The molecule has 3 unspecified atom stereocenters. The van der Waals surface area contributed by atoms with Gasteiger partial charge in [-0.25, -0.2) is 4.79 Å². The Morgan fingerprint density at radius 1 is 1.47 bits per heavy atom. The Hall–Kier alpha value is -0.770. The summed E-state index contributed by atoms with van der Waals surface area (Å²) in [6, 6.07) is 0.391. The van der Waals surface area contributed by atoms with Crippen molar-refractivity contribution in [3.05, 3.63) is 0 Å². The molecule has 0 radical (unpaired) electrons. The zero-order valence-electron chi connectivity index (χ0n) is 9.41. The predicted molar refractivity (Wildman–Crippen MR) is 59.5 cm³/mol. The van der Waals surface area contributed by atoms with Gasteiger partial charge in [-0.3, -0.25) is 0 Å². The molecule has 0 aromatic carbocycles. The van der Waals surface area contributed by atoms with Crippen molar-refractivity contribution in [3.8, 4) is 0 Å². The number of hydrogen-bond donors (Lipinski definition) is 2. The van der Waals surface area contributed by atoms with Crippen LogP contribution in [0.15, 0.2) is 0 Å². The molecule has 0 aromatic rings. The maximum absolute atomic E-state index is 11.7. The molecule has 0 spiro atoms. The highest BCUT2D eigenvalue weighted by atomic mass is 16.2. The first-order valence-corrected chi connectivity index (χ1v) is 6.00. The number of hydrogen-bond acceptors (Lipinski definition) is 2. The zero-order valence-corrected chi connectivity index (χ0v) is 9.41. The van der Waals surface area contributed by atoms with Gasteiger partial charge in [0.05, 0.1) is 0 Å². The van der Waals surface area contributed by atoms with Crippen molar-refractivity contribution in [2.75, 3.05) is 19.6 Å². The highest BCUT2D eigenvalue weighted by molar-refractivity contribution is 5.74. The first kappa shape index (κ1) is 10.7. The summed E-state index contributed by atoms with van der Waals surface area (Å²) in [6.45, 7) is 4.42. The molecule has 0 aromatic heterocycles. The van der Waals surface area contributed by atoms with Crippen LogP contribution in [-0.4, -0.2) is 36.6 Å². The van der Waals surface area contributed by atoms with Crippen LogP contribution >= 0.6 is 0 Å². The van der Waals surface area contributed by atoms with E-state index in [2.05, 4.69) is 5.32 Å². The molecular formula is C11H21N3O. The molecule has 2 amide bonds. The number of nitrogens with two attached hydrogens (primary N) is 1. The normalized spacial score (nSPS) is 35.1. The minimum atomic E-state index is 0.0825. The quantitative estimate of drug-likeness (QED) is 0.673. The number of rotatable bonds is 1. The maximum Gasteiger partial charge on any atom is 0.317 e. The van der Waals surface area contributed by atoms with Gasteiger partial charge in [0.1, 0.15) is 0 Å². The fourth-order valence-electron chi connectivity index (χ4n) is 2.95. The molecule has 1 saturated heterocycles. The number of fused-ring (bicyclic) bond motifs is 1. The molecule has 0 bridgehead atoms. The minimum Gasteiger partial charge on any atom is -0.338 e. The van der Waals surface area contributed by atoms with Crippen molar-refractivity contribution in [1.82, 2.24) is 10.2 Å². The standard InChI is InChI=1S/C11H21N3O/c1-2-13-11(15)14-6-8-4-3-5-10(12)9(8)7-14/h8-10H,2-7,12H2,1H3,(H,13,15). The molecule has 15 heavy (non-hydrogen) atoms. The van der Waals surface area contributed by atoms with Gasteiger partial charge in [0.25, 0.3) is 0 Å². The third-order valence-electron chi connectivity index (χ3n) is 3.77. The summed E-state index contributed by atoms with van der Waals surface area (Å²) < 4.78 is 0. The Labute approximate surface area is 91.2 Å². The third kappa shape index (κ3) is 2.09. The molecule has 2 aliphatic rings. The second kappa shape index (κ2) is 4.39. The van der Waals surface area contributed by atoms with E-state index in [0.29, 0.717) is 24.4 Å². The molecule has 3 N–H and O–H groups in total. The summed E-state index contributed by atoms with van der Waals surface area (Å²) in [5.41, 5.74) is 6.10. The highest BCUT2D eigenvalue weighted by Crippen LogP contribution is 2.35. The zero-order chi connectivity index (χ0) is 10.8. The van der Waals surface area contributed by atoms with Crippen molar-refractivity contribution in [3.63, 3.8) is 0 Å². The first-order chi connectivity index (χ1) is 7.22. The number of carbonyl (C=O) groups excluding carboxylic acids is 1. The van der Waals surface area contributed by atoms with E-state index in [4.69, 9.17) is 5.73 Å². The van der Waals surface area contributed by atoms with Crippen LogP contribution in [0, 0.1) is 11.8 Å². The lowest BCUT2D eigenvalue weighted by Crippen LogP contribution is -2.40. The van der Waals surface area contributed by atoms with Gasteiger partial charge in [-0.15, -0.1) is 0 Å². The van der Waals surface area contributed by atoms with Crippen LogP contribution in [0.3, 0.4) is 0 Å². The lowest BCUT2D eigenvalue weighted by atomic mass is 9.78. The molecule has 1 aliphatic heterocycles. The van der Waals surface area contributed by atoms with E-state index in [1.165, 1.54) is 12.8 Å². The van der Waals surface area contributed by atoms with Crippen LogP contribution in [-0.2, 0) is 0 Å². The van der Waals surface area contributed by atoms with Gasteiger partial charge < -0.3 is 16.0 Å². The molecular weight excluding hydrogens is 190 g/mol. The fraction of sp³-hybridized carbons (Fsp3) is 0.909. The molecule has 1 aliphatic carbocycles. The van der Waals surface area contributed by atoms with E-state index in [-0.39, 0.29) is 6.03 Å². The van der Waals surface area contributed by atoms with Gasteiger partial charge in [0, 0.05) is 25.7 Å². The Morgan fingerprint density at radius 3 is 2.93 bits per heavy atom. The smallest absolute Gasteiger partial charge is 0.317 e. The summed E-state index contributed by atoms with van der Waals surface area (Å²) >= 11 is 0. The molecule has 1 saturated carbocycles. The van der Waals surface area contributed by atoms with Gasteiger partial charge in [0.2, 0.25) is 0 Å². The highest BCUT2D eigenvalue weighted by Gasteiger charge is 2.40. The third-order valence-corrected chi connectivity index (χ3v) is 3.77. The van der Waals surface area contributed by atoms with E-state index in [0.717, 1.165) is 19.5 Å². The van der Waals surface area contributed by atoms with Crippen LogP contribution in [0.25, 0.3) is 0 Å². The van der Waals surface area contributed by atoms with Crippen molar-refractivity contribution >= 4 is 6.03 Å². The number of carbonyl (C=O) groups is 1. The van der Waals surface area contributed by atoms with Crippen molar-refractivity contribution in [1.29, 1.82) is 0 Å². The number of amides is 2. The average Bonchev–Trinajstić information content (AvgIpc) is 2.63. The largest absolute Gasteiger partial charge is 0.338 e. The molecule has 2 rings (SSSR count). The number of nitrogens with zero attached hydrogens (tertiary/aromatic N) is 1. The van der Waals surface area contributed by atoms with Crippen LogP contribution in [0.4, 0.5) is 4.79 Å². The number of urea groups is 1. The molecule has 86 valence electrons. The molecule has 4 heteroatoms. The number of likely N-dealkylation sites (tertiary alicyclic amines) is 1. The van der Waals surface area contributed by atoms with Crippen LogP contribution in [0.2, 0.25) is 0 Å². The van der Waals surface area contributed by atoms with Gasteiger partial charge in [-0.1, -0.05) is 6.42 Å². The maximum atomic E-state index is 11.7. The molecule has 2 fully saturated rings. The SMILES string of the molecule is CCNC(=O)N1CC2CCCC(N)C2C1. The second-order valence-corrected chi connectivity index (χ2v) is 4.76. The summed E-state index contributed by atoms with van der Waals surface area (Å²) in [5.74, 6) is 1.19. The monoisotopic (exact) mass is 211 g/mol. The van der Waals surface area contributed by atoms with Gasteiger partial charge in [-0.2, -0.15) is 0 Å². The van der Waals surface area contributed by atoms with Crippen molar-refractivity contribution in [2.45, 2.75) is 32.2 Å². The summed E-state index contributed by atoms with van der Waals surface area (Å²) in [5, 5.41) is 2.86. The summed E-state index contributed by atoms with van der Waals surface area (Å²) in [6.07, 6.45) is 3.60. The van der Waals surface area contributed by atoms with Gasteiger partial charge >= 0.3 is 6.03 Å². The summed E-state index contributed by atoms with van der Waals surface area (Å²) in [7, 11) is 0. The lowest BCUT2D eigenvalue weighted by Gasteiger charge is -2.29. The molecule has 4 nitrogen and oxygen atoms in total. The lowest BCUT2D eigenvalue weighted by molar-refractivity contribution is 0.206. The average molecular weight is 211 g/mol. The minimum absolute atomic E-state index is 0.0825. The van der Waals surface area contributed by atoms with Crippen molar-refractivity contribution in [2.24, 2.45) is 17.6 Å². The predicted octanol–water partition coefficient (Wildman–Crippen LogP) is 0.775. The van der Waals surface area contributed by atoms with E-state index in [1.54, 1.807) is 0 Å². The Bertz CT molecular complexity index is 244. The van der Waals surface area contributed by atoms with Crippen molar-refractivity contribution < 1.29 is 4.79 Å². The van der Waals surface area contributed by atoms with E-state index < -0.39 is 0 Å². The van der Waals surface area contributed by atoms with E-state index >= 15 is 0 Å². The van der Waals surface area contributed by atoms with Gasteiger partial charge in [-0.05, 0) is 31.6 Å². The van der Waals surface area contributed by atoms with E-state index in [9.17, 15) is 4.79 Å². The van der Waals surface area contributed by atoms with Crippen LogP contribution < -0.4 is 11.1 Å². The molecule has 3 atom stereocenters. The fourth-order valence-corrected chi connectivity index (χ4v) is 2.95.